The highest BCUT2D eigenvalue weighted by atomic mass is 16.6. The molecule has 0 unspecified atom stereocenters. The first kappa shape index (κ1) is 11.1. The van der Waals surface area contributed by atoms with Crippen LogP contribution in [-0.4, -0.2) is 23.4 Å². The number of esters is 1. The van der Waals surface area contributed by atoms with Crippen molar-refractivity contribution in [3.8, 4) is 0 Å². The zero-order valence-electron chi connectivity index (χ0n) is 9.21. The lowest BCUT2D eigenvalue weighted by Crippen LogP contribution is -2.02. The number of methoxy groups -OCH3 is 1. The molecule has 0 aliphatic heterocycles. The highest BCUT2D eigenvalue weighted by Crippen LogP contribution is 2.14. The van der Waals surface area contributed by atoms with Gasteiger partial charge in [0.25, 0.3) is 0 Å². The third kappa shape index (κ3) is 2.41. The van der Waals surface area contributed by atoms with Crippen LogP contribution < -0.4 is 5.73 Å². The SMILES string of the molecule is COC(=O)c1cccc(Cc2nonc2N)c1. The maximum absolute atomic E-state index is 11.3. The minimum atomic E-state index is -0.377. The van der Waals surface area contributed by atoms with Gasteiger partial charge in [0.2, 0.25) is 0 Å². The fourth-order valence-corrected chi connectivity index (χ4v) is 1.46. The number of ether oxygens (including phenoxy) is 1. The summed E-state index contributed by atoms with van der Waals surface area (Å²) in [7, 11) is 1.34. The number of nitrogens with zero attached hydrogens (tertiary/aromatic N) is 2. The number of hydrogen-bond acceptors (Lipinski definition) is 6. The zero-order chi connectivity index (χ0) is 12.3. The van der Waals surface area contributed by atoms with Crippen LogP contribution in [-0.2, 0) is 11.2 Å². The van der Waals surface area contributed by atoms with Crippen LogP contribution in [0.15, 0.2) is 28.9 Å². The number of nitrogens with two attached hydrogens (primary N) is 1. The van der Waals surface area contributed by atoms with Gasteiger partial charge in [-0.2, -0.15) is 0 Å². The van der Waals surface area contributed by atoms with Crippen LogP contribution in [0.4, 0.5) is 5.82 Å². The Kier molecular flexibility index (Phi) is 3.04. The topological polar surface area (TPSA) is 91.2 Å². The van der Waals surface area contributed by atoms with Gasteiger partial charge in [0.05, 0.1) is 12.7 Å². The smallest absolute Gasteiger partial charge is 0.337 e. The van der Waals surface area contributed by atoms with E-state index in [-0.39, 0.29) is 11.8 Å². The molecule has 1 heterocycles. The quantitative estimate of drug-likeness (QED) is 0.796. The van der Waals surface area contributed by atoms with Crippen molar-refractivity contribution in [2.75, 3.05) is 12.8 Å². The van der Waals surface area contributed by atoms with Gasteiger partial charge >= 0.3 is 5.97 Å². The predicted molar refractivity (Wildman–Crippen MR) is 59.3 cm³/mol. The molecule has 0 aliphatic rings. The van der Waals surface area contributed by atoms with E-state index in [2.05, 4.69) is 19.7 Å². The predicted octanol–water partition coefficient (Wildman–Crippen LogP) is 1.03. The Bertz CT molecular complexity index is 536. The van der Waals surface area contributed by atoms with Crippen molar-refractivity contribution in [3.05, 3.63) is 41.1 Å². The van der Waals surface area contributed by atoms with Gasteiger partial charge in [0, 0.05) is 6.42 Å². The molecule has 0 aliphatic carbocycles. The summed E-state index contributed by atoms with van der Waals surface area (Å²) in [4.78, 5) is 11.3. The maximum Gasteiger partial charge on any atom is 0.337 e. The largest absolute Gasteiger partial charge is 0.465 e. The Balaban J connectivity index is 2.22. The molecule has 0 atom stereocenters. The molecule has 0 spiro atoms. The molecular weight excluding hydrogens is 222 g/mol. The normalized spacial score (nSPS) is 10.2. The molecule has 17 heavy (non-hydrogen) atoms. The Hall–Kier alpha value is -2.37. The van der Waals surface area contributed by atoms with Crippen molar-refractivity contribution in [3.63, 3.8) is 0 Å². The second-order valence-electron chi connectivity index (χ2n) is 3.46. The molecule has 1 aromatic carbocycles. The first-order valence-corrected chi connectivity index (χ1v) is 4.95. The number of anilines is 1. The summed E-state index contributed by atoms with van der Waals surface area (Å²) in [5.41, 5.74) is 7.47. The number of rotatable bonds is 3. The van der Waals surface area contributed by atoms with Crippen LogP contribution in [0.25, 0.3) is 0 Å². The molecule has 88 valence electrons. The van der Waals surface area contributed by atoms with Gasteiger partial charge in [-0.15, -0.1) is 0 Å². The van der Waals surface area contributed by atoms with Crippen LogP contribution in [0.2, 0.25) is 0 Å². The third-order valence-corrected chi connectivity index (χ3v) is 2.31. The highest BCUT2D eigenvalue weighted by Gasteiger charge is 2.09. The molecule has 0 fully saturated rings. The van der Waals surface area contributed by atoms with Crippen molar-refractivity contribution in [2.24, 2.45) is 0 Å². The van der Waals surface area contributed by atoms with Crippen molar-refractivity contribution < 1.29 is 14.2 Å². The molecular formula is C11H11N3O3. The molecule has 2 N–H and O–H groups in total. The summed E-state index contributed by atoms with van der Waals surface area (Å²) in [6.45, 7) is 0. The summed E-state index contributed by atoms with van der Waals surface area (Å²) >= 11 is 0. The highest BCUT2D eigenvalue weighted by molar-refractivity contribution is 5.89. The van der Waals surface area contributed by atoms with Crippen molar-refractivity contribution in [2.45, 2.75) is 6.42 Å². The van der Waals surface area contributed by atoms with Crippen molar-refractivity contribution >= 4 is 11.8 Å². The van der Waals surface area contributed by atoms with Gasteiger partial charge in [-0.3, -0.25) is 0 Å². The van der Waals surface area contributed by atoms with Crippen molar-refractivity contribution in [1.29, 1.82) is 0 Å². The standard InChI is InChI=1S/C11H11N3O3/c1-16-11(15)8-4-2-3-7(5-8)6-9-10(12)14-17-13-9/h2-5H,6H2,1H3,(H2,12,14). The molecule has 0 bridgehead atoms. The van der Waals surface area contributed by atoms with Gasteiger partial charge in [-0.1, -0.05) is 17.3 Å². The van der Waals surface area contributed by atoms with E-state index in [1.54, 1.807) is 18.2 Å². The Labute approximate surface area is 97.3 Å². The Morgan fingerprint density at radius 1 is 1.47 bits per heavy atom. The third-order valence-electron chi connectivity index (χ3n) is 2.31. The number of carbonyl (C=O) groups excluding carboxylic acids is 1. The van der Waals surface area contributed by atoms with Crippen LogP contribution in [0.3, 0.4) is 0 Å². The van der Waals surface area contributed by atoms with Gasteiger partial charge < -0.3 is 10.5 Å². The van der Waals surface area contributed by atoms with E-state index in [9.17, 15) is 4.79 Å². The average Bonchev–Trinajstić information content (AvgIpc) is 2.74. The summed E-state index contributed by atoms with van der Waals surface area (Å²) in [6.07, 6.45) is 0.458. The molecule has 2 rings (SSSR count). The molecule has 2 aromatic rings. The summed E-state index contributed by atoms with van der Waals surface area (Å²) in [5, 5.41) is 7.16. The number of nitrogen functional groups attached to an aromatic ring is 1. The van der Waals surface area contributed by atoms with E-state index in [4.69, 9.17) is 5.73 Å². The van der Waals surface area contributed by atoms with E-state index < -0.39 is 0 Å². The number of benzene rings is 1. The zero-order valence-corrected chi connectivity index (χ0v) is 9.21. The maximum atomic E-state index is 11.3. The molecule has 0 saturated carbocycles. The van der Waals surface area contributed by atoms with Crippen molar-refractivity contribution in [1.82, 2.24) is 10.3 Å². The number of carbonyl (C=O) groups is 1. The first-order chi connectivity index (χ1) is 8.20. The van der Waals surface area contributed by atoms with E-state index in [1.165, 1.54) is 7.11 Å². The van der Waals surface area contributed by atoms with Crippen LogP contribution in [0.1, 0.15) is 21.6 Å². The fraction of sp³-hybridized carbons (Fsp3) is 0.182. The van der Waals surface area contributed by atoms with E-state index >= 15 is 0 Å². The van der Waals surface area contributed by atoms with E-state index in [0.717, 1.165) is 5.56 Å². The Morgan fingerprint density at radius 2 is 2.29 bits per heavy atom. The van der Waals surface area contributed by atoms with Crippen LogP contribution in [0, 0.1) is 0 Å². The minimum Gasteiger partial charge on any atom is -0.465 e. The van der Waals surface area contributed by atoms with Crippen LogP contribution >= 0.6 is 0 Å². The molecule has 6 nitrogen and oxygen atoms in total. The fourth-order valence-electron chi connectivity index (χ4n) is 1.46. The minimum absolute atomic E-state index is 0.258. The average molecular weight is 233 g/mol. The van der Waals surface area contributed by atoms with Gasteiger partial charge in [0.15, 0.2) is 5.82 Å². The second-order valence-corrected chi connectivity index (χ2v) is 3.46. The molecule has 0 amide bonds. The monoisotopic (exact) mass is 233 g/mol. The number of aromatic nitrogens is 2. The van der Waals surface area contributed by atoms with E-state index in [1.807, 2.05) is 6.07 Å². The molecule has 6 heteroatoms. The van der Waals surface area contributed by atoms with E-state index in [0.29, 0.717) is 17.7 Å². The lowest BCUT2D eigenvalue weighted by Gasteiger charge is -2.02. The second kappa shape index (κ2) is 4.65. The molecule has 0 saturated heterocycles. The summed E-state index contributed by atoms with van der Waals surface area (Å²) in [5.74, 6) is -0.119. The first-order valence-electron chi connectivity index (χ1n) is 4.95. The molecule has 1 aromatic heterocycles. The summed E-state index contributed by atoms with van der Waals surface area (Å²) < 4.78 is 9.14. The number of hydrogen-bond donors (Lipinski definition) is 1. The van der Waals surface area contributed by atoms with Gasteiger partial charge in [-0.05, 0) is 22.9 Å². The van der Waals surface area contributed by atoms with Crippen LogP contribution in [0.5, 0.6) is 0 Å². The lowest BCUT2D eigenvalue weighted by molar-refractivity contribution is 0.0600. The van der Waals surface area contributed by atoms with Gasteiger partial charge in [-0.25, -0.2) is 9.42 Å². The molecule has 0 radical (unpaired) electrons. The Morgan fingerprint density at radius 3 is 2.94 bits per heavy atom. The lowest BCUT2D eigenvalue weighted by atomic mass is 10.1. The van der Waals surface area contributed by atoms with Gasteiger partial charge in [0.1, 0.15) is 5.69 Å². The summed E-state index contributed by atoms with van der Waals surface area (Å²) in [6, 6.07) is 7.03.